The minimum atomic E-state index is -1.41. The molecule has 0 radical (unpaired) electrons. The van der Waals surface area contributed by atoms with Crippen LogP contribution in [0.15, 0.2) is 53.0 Å². The fourth-order valence-corrected chi connectivity index (χ4v) is 7.69. The molecule has 10 nitrogen and oxygen atoms in total. The van der Waals surface area contributed by atoms with E-state index in [-0.39, 0.29) is 31.4 Å². The number of halogens is 1. The number of allylic oxidation sites excluding steroid dienone is 1. The number of amides is 3. The number of esters is 1. The Kier molecular flexibility index (Phi) is 10.3. The number of aliphatic hydroxyl groups excluding tert-OH is 1. The van der Waals surface area contributed by atoms with E-state index in [0.717, 1.165) is 24.8 Å². The summed E-state index contributed by atoms with van der Waals surface area (Å²) in [5.41, 5.74) is -0.505. The molecule has 4 aliphatic rings. The van der Waals surface area contributed by atoms with Crippen LogP contribution >= 0.6 is 15.9 Å². The Morgan fingerprint density at radius 3 is 2.61 bits per heavy atom. The van der Waals surface area contributed by atoms with E-state index in [1.165, 1.54) is 4.90 Å². The Bertz CT molecular complexity index is 1300. The first-order valence-corrected chi connectivity index (χ1v) is 16.4. The minimum absolute atomic E-state index is 0.134. The SMILES string of the molecule is CCCCCN1C/C=C\CCC(=O)NC[C@@H](C)OC(=O)[C@@H]2[C@H]3O[C@@]4(C=C3Br)[C@H](C1=O)N([C@@H](CO)Cc1ccccc1)C(=O)[C@@H]24. The molecular formula is C33H42BrN3O7. The molecule has 1 aromatic rings. The molecule has 238 valence electrons. The Balaban J connectivity index is 1.59. The maximum absolute atomic E-state index is 14.7. The van der Waals surface area contributed by atoms with E-state index in [2.05, 4.69) is 28.2 Å². The molecule has 0 aromatic heterocycles. The number of carbonyl (C=O) groups excluding carboxylic acids is 4. The summed E-state index contributed by atoms with van der Waals surface area (Å²) in [6.07, 6.45) is 7.88. The van der Waals surface area contributed by atoms with Crippen LogP contribution in [0, 0.1) is 11.8 Å². The normalized spacial score (nSPS) is 32.3. The van der Waals surface area contributed by atoms with Crippen LogP contribution < -0.4 is 5.32 Å². The number of benzene rings is 1. The van der Waals surface area contributed by atoms with Gasteiger partial charge in [0.25, 0.3) is 0 Å². The average molecular weight is 673 g/mol. The van der Waals surface area contributed by atoms with Gasteiger partial charge in [0.1, 0.15) is 29.8 Å². The van der Waals surface area contributed by atoms with E-state index in [9.17, 15) is 24.3 Å². The van der Waals surface area contributed by atoms with E-state index in [1.807, 2.05) is 42.5 Å². The standard InChI is InChI=1S/C33H42BrN3O7/c1-3-4-10-15-36-16-11-6-9-14-25(39)35-19-21(2)43-32(42)26-27-30(40)37(23(20-38)17-22-12-7-5-8-13-22)29(31(36)41)33(27)18-24(34)28(26)44-33/h5-8,11-13,18,21,23,26-29,38H,3-4,9-10,14-17,19-20H2,1-2H3,(H,35,39)/b11-6-/t21-,23-,26+,27-,28+,29+,33-/m1/s1. The molecule has 3 amide bonds. The summed E-state index contributed by atoms with van der Waals surface area (Å²) >= 11 is 3.57. The third-order valence-electron chi connectivity index (χ3n) is 9.07. The molecule has 0 saturated carbocycles. The van der Waals surface area contributed by atoms with Crippen molar-refractivity contribution >= 4 is 39.6 Å². The van der Waals surface area contributed by atoms with E-state index >= 15 is 0 Å². The third-order valence-corrected chi connectivity index (χ3v) is 9.75. The highest BCUT2D eigenvalue weighted by Gasteiger charge is 2.75. The lowest BCUT2D eigenvalue weighted by atomic mass is 9.74. The summed E-state index contributed by atoms with van der Waals surface area (Å²) in [5, 5.41) is 13.5. The van der Waals surface area contributed by atoms with Gasteiger partial charge in [-0.1, -0.05) is 78.2 Å². The maximum Gasteiger partial charge on any atom is 0.313 e. The molecule has 1 aromatic carbocycles. The predicted octanol–water partition coefficient (Wildman–Crippen LogP) is 2.88. The molecule has 2 saturated heterocycles. The number of rotatable bonds is 8. The summed E-state index contributed by atoms with van der Waals surface area (Å²) in [7, 11) is 0. The molecule has 2 fully saturated rings. The summed E-state index contributed by atoms with van der Waals surface area (Å²) in [5.74, 6) is -3.50. The van der Waals surface area contributed by atoms with Crippen molar-refractivity contribution in [2.24, 2.45) is 11.8 Å². The molecule has 11 heteroatoms. The van der Waals surface area contributed by atoms with Gasteiger partial charge in [-0.25, -0.2) is 0 Å². The Labute approximate surface area is 266 Å². The van der Waals surface area contributed by atoms with Crippen molar-refractivity contribution in [1.29, 1.82) is 0 Å². The van der Waals surface area contributed by atoms with Crippen molar-refractivity contribution in [3.05, 3.63) is 58.6 Å². The molecule has 2 N–H and O–H groups in total. The molecule has 44 heavy (non-hydrogen) atoms. The smallest absolute Gasteiger partial charge is 0.313 e. The van der Waals surface area contributed by atoms with Crippen LogP contribution in [0.4, 0.5) is 0 Å². The predicted molar refractivity (Wildman–Crippen MR) is 166 cm³/mol. The number of aliphatic hydroxyl groups is 1. The number of hydrogen-bond acceptors (Lipinski definition) is 7. The largest absolute Gasteiger partial charge is 0.460 e. The van der Waals surface area contributed by atoms with Crippen LogP contribution in [-0.4, -0.2) is 94.7 Å². The zero-order valence-corrected chi connectivity index (χ0v) is 26.9. The second-order valence-electron chi connectivity index (χ2n) is 12.2. The fraction of sp³-hybridized carbons (Fsp3) is 0.576. The molecular weight excluding hydrogens is 630 g/mol. The van der Waals surface area contributed by atoms with Gasteiger partial charge in [0.2, 0.25) is 17.7 Å². The van der Waals surface area contributed by atoms with Gasteiger partial charge >= 0.3 is 5.97 Å². The summed E-state index contributed by atoms with van der Waals surface area (Å²) < 4.78 is 12.9. The number of nitrogens with zero attached hydrogens (tertiary/aromatic N) is 2. The molecule has 0 unspecified atom stereocenters. The second-order valence-corrected chi connectivity index (χ2v) is 13.1. The number of fused-ring (bicyclic) bond motifs is 2. The third kappa shape index (κ3) is 6.23. The van der Waals surface area contributed by atoms with Crippen molar-refractivity contribution in [2.75, 3.05) is 26.2 Å². The first-order chi connectivity index (χ1) is 21.2. The van der Waals surface area contributed by atoms with Crippen LogP contribution in [0.25, 0.3) is 0 Å². The van der Waals surface area contributed by atoms with Crippen molar-refractivity contribution in [1.82, 2.24) is 15.1 Å². The molecule has 1 spiro atoms. The minimum Gasteiger partial charge on any atom is -0.460 e. The lowest BCUT2D eigenvalue weighted by Crippen LogP contribution is -2.59. The Morgan fingerprint density at radius 2 is 1.89 bits per heavy atom. The molecule has 5 bridgehead atoms. The fourth-order valence-electron chi connectivity index (χ4n) is 6.95. The number of unbranched alkanes of at least 4 members (excludes halogenated alkanes) is 2. The number of likely N-dealkylation sites (tertiary alicyclic amines) is 1. The summed E-state index contributed by atoms with van der Waals surface area (Å²) in [6, 6.07) is 7.70. The summed E-state index contributed by atoms with van der Waals surface area (Å²) in [6.45, 7) is 4.30. The molecule has 4 heterocycles. The van der Waals surface area contributed by atoms with Gasteiger partial charge in [0.15, 0.2) is 0 Å². The Morgan fingerprint density at radius 1 is 1.11 bits per heavy atom. The van der Waals surface area contributed by atoms with Crippen molar-refractivity contribution < 1.29 is 33.8 Å². The lowest BCUT2D eigenvalue weighted by Gasteiger charge is -2.39. The van der Waals surface area contributed by atoms with Crippen molar-refractivity contribution in [2.45, 2.75) is 82.3 Å². The highest BCUT2D eigenvalue weighted by molar-refractivity contribution is 9.11. The maximum atomic E-state index is 14.7. The van der Waals surface area contributed by atoms with Gasteiger partial charge in [0.05, 0.1) is 25.1 Å². The van der Waals surface area contributed by atoms with E-state index in [0.29, 0.717) is 30.4 Å². The highest BCUT2D eigenvalue weighted by Crippen LogP contribution is 2.59. The topological polar surface area (TPSA) is 125 Å². The van der Waals surface area contributed by atoms with Gasteiger partial charge < -0.3 is 29.7 Å². The molecule has 7 atom stereocenters. The van der Waals surface area contributed by atoms with Crippen molar-refractivity contribution in [3.63, 3.8) is 0 Å². The zero-order valence-electron chi connectivity index (χ0n) is 25.3. The number of carbonyl (C=O) groups is 4. The van der Waals surface area contributed by atoms with Crippen LogP contribution in [0.3, 0.4) is 0 Å². The highest BCUT2D eigenvalue weighted by atomic mass is 79.9. The Hall–Kier alpha value is -3.02. The van der Waals surface area contributed by atoms with E-state index < -0.39 is 53.6 Å². The van der Waals surface area contributed by atoms with Crippen LogP contribution in [0.2, 0.25) is 0 Å². The lowest BCUT2D eigenvalue weighted by molar-refractivity contribution is -0.159. The van der Waals surface area contributed by atoms with Gasteiger partial charge in [0, 0.05) is 24.0 Å². The van der Waals surface area contributed by atoms with E-state index in [4.69, 9.17) is 9.47 Å². The number of nitrogens with one attached hydrogen (secondary N) is 1. The van der Waals surface area contributed by atoms with Gasteiger partial charge in [-0.15, -0.1) is 0 Å². The van der Waals surface area contributed by atoms with Crippen molar-refractivity contribution in [3.8, 4) is 0 Å². The first-order valence-electron chi connectivity index (χ1n) is 15.7. The quantitative estimate of drug-likeness (QED) is 0.247. The molecule has 5 rings (SSSR count). The first kappa shape index (κ1) is 32.4. The monoisotopic (exact) mass is 671 g/mol. The van der Waals surface area contributed by atoms with E-state index in [1.54, 1.807) is 17.9 Å². The summed E-state index contributed by atoms with van der Waals surface area (Å²) in [4.78, 5) is 58.6. The van der Waals surface area contributed by atoms with Crippen LogP contribution in [-0.2, 0) is 35.1 Å². The molecule has 4 aliphatic heterocycles. The van der Waals surface area contributed by atoms with Gasteiger partial charge in [-0.05, 0) is 37.8 Å². The number of cyclic esters (lactones) is 1. The number of hydrogen-bond donors (Lipinski definition) is 2. The zero-order chi connectivity index (χ0) is 31.4. The second kappa shape index (κ2) is 14.0. The van der Waals surface area contributed by atoms with Gasteiger partial charge in [-0.3, -0.25) is 19.2 Å². The molecule has 0 aliphatic carbocycles. The number of ether oxygens (including phenoxy) is 2. The average Bonchev–Trinajstić information content (AvgIpc) is 3.60. The van der Waals surface area contributed by atoms with Gasteiger partial charge in [-0.2, -0.15) is 0 Å². The van der Waals surface area contributed by atoms with Crippen LogP contribution in [0.1, 0.15) is 51.5 Å². The van der Waals surface area contributed by atoms with Crippen LogP contribution in [0.5, 0.6) is 0 Å².